The van der Waals surface area contributed by atoms with Gasteiger partial charge in [-0.1, -0.05) is 0 Å². The van der Waals surface area contributed by atoms with Gasteiger partial charge in [-0.3, -0.25) is 4.79 Å². The molecular weight excluding hydrogens is 218 g/mol. The summed E-state index contributed by atoms with van der Waals surface area (Å²) in [5, 5.41) is 0.900. The van der Waals surface area contributed by atoms with Gasteiger partial charge in [0.05, 0.1) is 12.8 Å². The van der Waals surface area contributed by atoms with Crippen LogP contribution in [-0.2, 0) is 4.79 Å². The Kier molecular flexibility index (Phi) is 2.79. The van der Waals surface area contributed by atoms with E-state index in [1.165, 1.54) is 6.92 Å². The summed E-state index contributed by atoms with van der Waals surface area (Å²) in [5.41, 5.74) is 2.74. The van der Waals surface area contributed by atoms with Gasteiger partial charge in [-0.25, -0.2) is 0 Å². The van der Waals surface area contributed by atoms with E-state index in [1.807, 2.05) is 26.0 Å². The molecule has 1 heterocycles. The number of fused-ring (bicyclic) bond motifs is 1. The predicted molar refractivity (Wildman–Crippen MR) is 65.6 cm³/mol. The van der Waals surface area contributed by atoms with Crippen LogP contribution in [0.15, 0.2) is 12.1 Å². The van der Waals surface area contributed by atoms with Gasteiger partial charge >= 0.3 is 5.97 Å². The predicted octanol–water partition coefficient (Wildman–Crippen LogP) is 2.72. The molecule has 0 saturated heterocycles. The van der Waals surface area contributed by atoms with E-state index in [9.17, 15) is 4.79 Å². The number of ether oxygens (including phenoxy) is 2. The SMILES string of the molecule is COc1ccc2[nH]c(C)c(OC(C)=O)c2c1C. The molecule has 0 atom stereocenters. The third-order valence-electron chi connectivity index (χ3n) is 2.77. The number of esters is 1. The third kappa shape index (κ3) is 1.86. The number of rotatable bonds is 2. The average molecular weight is 233 g/mol. The molecule has 0 amide bonds. The fourth-order valence-electron chi connectivity index (χ4n) is 2.03. The largest absolute Gasteiger partial charge is 0.496 e. The van der Waals surface area contributed by atoms with Crippen molar-refractivity contribution in [2.75, 3.05) is 7.11 Å². The van der Waals surface area contributed by atoms with Crippen LogP contribution >= 0.6 is 0 Å². The first kappa shape index (κ1) is 11.5. The van der Waals surface area contributed by atoms with E-state index in [-0.39, 0.29) is 5.97 Å². The molecule has 2 aromatic rings. The van der Waals surface area contributed by atoms with Crippen LogP contribution < -0.4 is 9.47 Å². The van der Waals surface area contributed by atoms with Gasteiger partial charge in [-0.05, 0) is 26.0 Å². The highest BCUT2D eigenvalue weighted by atomic mass is 16.5. The summed E-state index contributed by atoms with van der Waals surface area (Å²) >= 11 is 0. The number of nitrogens with one attached hydrogen (secondary N) is 1. The smallest absolute Gasteiger partial charge is 0.308 e. The van der Waals surface area contributed by atoms with Crippen molar-refractivity contribution in [1.82, 2.24) is 4.98 Å². The van der Waals surface area contributed by atoms with Crippen molar-refractivity contribution in [1.29, 1.82) is 0 Å². The molecule has 17 heavy (non-hydrogen) atoms. The number of aromatic amines is 1. The van der Waals surface area contributed by atoms with E-state index in [1.54, 1.807) is 7.11 Å². The highest BCUT2D eigenvalue weighted by Gasteiger charge is 2.16. The lowest BCUT2D eigenvalue weighted by atomic mass is 10.1. The minimum atomic E-state index is -0.323. The van der Waals surface area contributed by atoms with Crippen LogP contribution in [0.5, 0.6) is 11.5 Å². The Morgan fingerprint density at radius 2 is 2.00 bits per heavy atom. The minimum Gasteiger partial charge on any atom is -0.496 e. The minimum absolute atomic E-state index is 0.323. The van der Waals surface area contributed by atoms with E-state index in [4.69, 9.17) is 9.47 Å². The van der Waals surface area contributed by atoms with Crippen LogP contribution in [0, 0.1) is 13.8 Å². The highest BCUT2D eigenvalue weighted by Crippen LogP contribution is 2.36. The molecule has 0 fully saturated rings. The third-order valence-corrected chi connectivity index (χ3v) is 2.77. The Morgan fingerprint density at radius 1 is 1.29 bits per heavy atom. The van der Waals surface area contributed by atoms with Crippen molar-refractivity contribution in [2.45, 2.75) is 20.8 Å². The molecular formula is C13H15NO3. The normalized spacial score (nSPS) is 10.6. The number of aromatic nitrogens is 1. The monoisotopic (exact) mass is 233 g/mol. The molecule has 1 aromatic heterocycles. The maximum absolute atomic E-state index is 11.1. The molecule has 0 spiro atoms. The summed E-state index contributed by atoms with van der Waals surface area (Å²) in [7, 11) is 1.62. The summed E-state index contributed by atoms with van der Waals surface area (Å²) in [4.78, 5) is 14.3. The molecule has 1 aromatic carbocycles. The van der Waals surface area contributed by atoms with E-state index < -0.39 is 0 Å². The maximum atomic E-state index is 11.1. The van der Waals surface area contributed by atoms with Crippen molar-refractivity contribution in [3.63, 3.8) is 0 Å². The lowest BCUT2D eigenvalue weighted by Gasteiger charge is -2.07. The Hall–Kier alpha value is -1.97. The van der Waals surface area contributed by atoms with E-state index >= 15 is 0 Å². The molecule has 0 unspecified atom stereocenters. The number of carbonyl (C=O) groups is 1. The second-order valence-electron chi connectivity index (χ2n) is 3.99. The van der Waals surface area contributed by atoms with E-state index in [0.29, 0.717) is 5.75 Å². The number of benzene rings is 1. The van der Waals surface area contributed by atoms with Crippen LogP contribution in [0.2, 0.25) is 0 Å². The highest BCUT2D eigenvalue weighted by molar-refractivity contribution is 5.94. The van der Waals surface area contributed by atoms with Crippen LogP contribution in [0.3, 0.4) is 0 Å². The van der Waals surface area contributed by atoms with Gasteiger partial charge in [0.25, 0.3) is 0 Å². The standard InChI is InChI=1S/C13H15NO3/c1-7-11(16-4)6-5-10-12(7)13(8(2)14-10)17-9(3)15/h5-6,14H,1-4H3. The van der Waals surface area contributed by atoms with Gasteiger partial charge in [0.2, 0.25) is 0 Å². The van der Waals surface area contributed by atoms with Crippen molar-refractivity contribution >= 4 is 16.9 Å². The second kappa shape index (κ2) is 4.13. The van der Waals surface area contributed by atoms with Gasteiger partial charge in [-0.2, -0.15) is 0 Å². The zero-order valence-corrected chi connectivity index (χ0v) is 10.4. The topological polar surface area (TPSA) is 51.3 Å². The average Bonchev–Trinajstić information content (AvgIpc) is 2.56. The summed E-state index contributed by atoms with van der Waals surface area (Å²) in [6.45, 7) is 5.22. The maximum Gasteiger partial charge on any atom is 0.308 e. The van der Waals surface area contributed by atoms with Crippen molar-refractivity contribution in [2.24, 2.45) is 0 Å². The van der Waals surface area contributed by atoms with E-state index in [2.05, 4.69) is 4.98 Å². The summed E-state index contributed by atoms with van der Waals surface area (Å²) < 4.78 is 10.5. The molecule has 4 nitrogen and oxygen atoms in total. The van der Waals surface area contributed by atoms with Gasteiger partial charge in [0, 0.05) is 23.4 Å². The van der Waals surface area contributed by atoms with Crippen LogP contribution in [0.1, 0.15) is 18.2 Å². The fourth-order valence-corrected chi connectivity index (χ4v) is 2.03. The van der Waals surface area contributed by atoms with Gasteiger partial charge < -0.3 is 14.5 Å². The number of methoxy groups -OCH3 is 1. The van der Waals surface area contributed by atoms with Gasteiger partial charge in [-0.15, -0.1) is 0 Å². The molecule has 0 bridgehead atoms. The Morgan fingerprint density at radius 3 is 2.59 bits per heavy atom. The molecule has 0 saturated carbocycles. The molecule has 0 aliphatic heterocycles. The number of hydrogen-bond acceptors (Lipinski definition) is 3. The lowest BCUT2D eigenvalue weighted by molar-refractivity contribution is -0.131. The fraction of sp³-hybridized carbons (Fsp3) is 0.308. The van der Waals surface area contributed by atoms with Crippen LogP contribution in [0.4, 0.5) is 0 Å². The molecule has 90 valence electrons. The number of H-pyrrole nitrogens is 1. The Bertz CT molecular complexity index is 584. The first-order chi connectivity index (χ1) is 8.04. The summed E-state index contributed by atoms with van der Waals surface area (Å²) in [6.07, 6.45) is 0. The van der Waals surface area contributed by atoms with Gasteiger partial charge in [0.15, 0.2) is 5.75 Å². The Labute approximate surface area is 99.5 Å². The zero-order valence-electron chi connectivity index (χ0n) is 10.4. The zero-order chi connectivity index (χ0) is 12.6. The second-order valence-corrected chi connectivity index (χ2v) is 3.99. The van der Waals surface area contributed by atoms with Gasteiger partial charge in [0.1, 0.15) is 5.75 Å². The first-order valence-electron chi connectivity index (χ1n) is 5.39. The summed E-state index contributed by atoms with van der Waals surface area (Å²) in [5.74, 6) is 1.05. The summed E-state index contributed by atoms with van der Waals surface area (Å²) in [6, 6.07) is 3.81. The molecule has 1 N–H and O–H groups in total. The quantitative estimate of drug-likeness (QED) is 0.811. The number of aryl methyl sites for hydroxylation is 2. The van der Waals surface area contributed by atoms with Crippen LogP contribution in [-0.4, -0.2) is 18.1 Å². The van der Waals surface area contributed by atoms with E-state index in [0.717, 1.165) is 27.9 Å². The van der Waals surface area contributed by atoms with Crippen molar-refractivity contribution in [3.05, 3.63) is 23.4 Å². The molecule has 4 heteroatoms. The molecule has 0 aliphatic rings. The molecule has 0 radical (unpaired) electrons. The first-order valence-corrected chi connectivity index (χ1v) is 5.39. The number of hydrogen-bond donors (Lipinski definition) is 1. The molecule has 2 rings (SSSR count). The van der Waals surface area contributed by atoms with Crippen molar-refractivity contribution in [3.8, 4) is 11.5 Å². The molecule has 0 aliphatic carbocycles. The lowest BCUT2D eigenvalue weighted by Crippen LogP contribution is -2.02. The van der Waals surface area contributed by atoms with Crippen LogP contribution in [0.25, 0.3) is 10.9 Å². The Balaban J connectivity index is 2.73. The van der Waals surface area contributed by atoms with Crippen molar-refractivity contribution < 1.29 is 14.3 Å². The number of carbonyl (C=O) groups excluding carboxylic acids is 1.